The van der Waals surface area contributed by atoms with Crippen molar-refractivity contribution < 1.29 is 9.59 Å². The summed E-state index contributed by atoms with van der Waals surface area (Å²) in [7, 11) is 0. The summed E-state index contributed by atoms with van der Waals surface area (Å²) in [5.74, 6) is 0.0131. The first-order chi connectivity index (χ1) is 12.1. The Morgan fingerprint density at radius 1 is 1.04 bits per heavy atom. The molecular weight excluding hydrogens is 312 g/mol. The smallest absolute Gasteiger partial charge is 0.251 e. The normalized spacial score (nSPS) is 16.1. The van der Waals surface area contributed by atoms with Crippen LogP contribution in [-0.4, -0.2) is 17.9 Å². The van der Waals surface area contributed by atoms with E-state index in [1.807, 2.05) is 32.0 Å². The first-order valence-electron chi connectivity index (χ1n) is 9.85. The van der Waals surface area contributed by atoms with Crippen LogP contribution in [0.1, 0.15) is 82.0 Å². The van der Waals surface area contributed by atoms with Crippen LogP contribution in [0.3, 0.4) is 0 Å². The Morgan fingerprint density at radius 2 is 1.68 bits per heavy atom. The van der Waals surface area contributed by atoms with Crippen LogP contribution in [0.25, 0.3) is 0 Å². The van der Waals surface area contributed by atoms with Gasteiger partial charge in [0, 0.05) is 23.2 Å². The maximum absolute atomic E-state index is 12.6. The van der Waals surface area contributed by atoms with Gasteiger partial charge in [-0.05, 0) is 43.9 Å². The van der Waals surface area contributed by atoms with E-state index in [-0.39, 0.29) is 23.8 Å². The predicted molar refractivity (Wildman–Crippen MR) is 103 cm³/mol. The van der Waals surface area contributed by atoms with Gasteiger partial charge in [0.2, 0.25) is 5.91 Å². The second kappa shape index (κ2) is 10.2. The zero-order valence-corrected chi connectivity index (χ0v) is 15.6. The van der Waals surface area contributed by atoms with Crippen molar-refractivity contribution >= 4 is 17.5 Å². The molecule has 1 aromatic carbocycles. The van der Waals surface area contributed by atoms with Gasteiger partial charge in [-0.2, -0.15) is 0 Å². The Labute approximate surface area is 151 Å². The molecule has 0 atom stereocenters. The van der Waals surface area contributed by atoms with Crippen molar-refractivity contribution in [3.05, 3.63) is 29.8 Å². The third-order valence-electron chi connectivity index (χ3n) is 5.19. The fourth-order valence-electron chi connectivity index (χ4n) is 3.51. The topological polar surface area (TPSA) is 58.2 Å². The van der Waals surface area contributed by atoms with E-state index in [2.05, 4.69) is 10.6 Å². The highest BCUT2D eigenvalue weighted by atomic mass is 16.2. The fourth-order valence-corrected chi connectivity index (χ4v) is 3.51. The molecular formula is C21H32N2O2. The standard InChI is InChI=1S/C21H32N2O2/c1-3-16(4-2)20(24)23-19-14-10-11-17(15-19)21(25)22-18-12-8-6-5-7-9-13-18/h10-11,14-16,18H,3-9,12-13H2,1-2H3,(H,22,25)(H,23,24). The second-order valence-electron chi connectivity index (χ2n) is 7.10. The van der Waals surface area contributed by atoms with Gasteiger partial charge in [-0.25, -0.2) is 0 Å². The van der Waals surface area contributed by atoms with E-state index in [4.69, 9.17) is 0 Å². The zero-order chi connectivity index (χ0) is 18.1. The Bertz CT molecular complexity index is 559. The van der Waals surface area contributed by atoms with Crippen molar-refractivity contribution in [3.63, 3.8) is 0 Å². The molecule has 138 valence electrons. The first kappa shape index (κ1) is 19.5. The first-order valence-corrected chi connectivity index (χ1v) is 9.85. The monoisotopic (exact) mass is 344 g/mol. The summed E-state index contributed by atoms with van der Waals surface area (Å²) in [4.78, 5) is 24.8. The van der Waals surface area contributed by atoms with E-state index in [9.17, 15) is 9.59 Å². The van der Waals surface area contributed by atoms with Crippen LogP contribution < -0.4 is 10.6 Å². The number of rotatable bonds is 6. The molecule has 4 nitrogen and oxygen atoms in total. The van der Waals surface area contributed by atoms with Crippen LogP contribution in [0, 0.1) is 5.92 Å². The number of hydrogen-bond donors (Lipinski definition) is 2. The van der Waals surface area contributed by atoms with Crippen LogP contribution in [-0.2, 0) is 4.79 Å². The summed E-state index contributed by atoms with van der Waals surface area (Å²) in [5.41, 5.74) is 1.31. The molecule has 0 spiro atoms. The average Bonchev–Trinajstić information content (AvgIpc) is 2.58. The molecule has 0 aromatic heterocycles. The van der Waals surface area contributed by atoms with E-state index in [0.717, 1.165) is 25.7 Å². The number of nitrogens with one attached hydrogen (secondary N) is 2. The van der Waals surface area contributed by atoms with Gasteiger partial charge in [0.15, 0.2) is 0 Å². The number of benzene rings is 1. The Kier molecular flexibility index (Phi) is 7.96. The molecule has 0 unspecified atom stereocenters. The number of carbonyl (C=O) groups excluding carboxylic acids is 2. The minimum absolute atomic E-state index is 0.0207. The SMILES string of the molecule is CCC(CC)C(=O)Nc1cccc(C(=O)NC2CCCCCCC2)c1. The molecule has 1 fully saturated rings. The van der Waals surface area contributed by atoms with Crippen molar-refractivity contribution in [1.29, 1.82) is 0 Å². The maximum atomic E-state index is 12.6. The largest absolute Gasteiger partial charge is 0.349 e. The molecule has 2 amide bonds. The van der Waals surface area contributed by atoms with Gasteiger partial charge >= 0.3 is 0 Å². The summed E-state index contributed by atoms with van der Waals surface area (Å²) in [6.07, 6.45) is 10.0. The number of amides is 2. The maximum Gasteiger partial charge on any atom is 0.251 e. The van der Waals surface area contributed by atoms with Crippen molar-refractivity contribution in [2.75, 3.05) is 5.32 Å². The second-order valence-corrected chi connectivity index (χ2v) is 7.10. The predicted octanol–water partition coefficient (Wildman–Crippen LogP) is 4.90. The lowest BCUT2D eigenvalue weighted by Gasteiger charge is -2.21. The van der Waals surface area contributed by atoms with Crippen LogP contribution in [0.4, 0.5) is 5.69 Å². The number of anilines is 1. The molecule has 1 aliphatic rings. The summed E-state index contributed by atoms with van der Waals surface area (Å²) in [6.45, 7) is 4.04. The summed E-state index contributed by atoms with van der Waals surface area (Å²) in [5, 5.41) is 6.12. The molecule has 2 N–H and O–H groups in total. The van der Waals surface area contributed by atoms with Crippen molar-refractivity contribution in [1.82, 2.24) is 5.32 Å². The Hall–Kier alpha value is -1.84. The number of hydrogen-bond acceptors (Lipinski definition) is 2. The van der Waals surface area contributed by atoms with Gasteiger partial charge in [-0.15, -0.1) is 0 Å². The highest BCUT2D eigenvalue weighted by molar-refractivity contribution is 5.97. The minimum atomic E-state index is -0.0378. The van der Waals surface area contributed by atoms with Gasteiger partial charge < -0.3 is 10.6 Å². The molecule has 0 aliphatic heterocycles. The van der Waals surface area contributed by atoms with Crippen LogP contribution in [0.15, 0.2) is 24.3 Å². The molecule has 4 heteroatoms. The van der Waals surface area contributed by atoms with Gasteiger partial charge in [-0.1, -0.05) is 52.0 Å². The third kappa shape index (κ3) is 6.18. The molecule has 2 rings (SSSR count). The molecule has 0 saturated heterocycles. The Morgan fingerprint density at radius 3 is 2.32 bits per heavy atom. The molecule has 0 bridgehead atoms. The zero-order valence-electron chi connectivity index (χ0n) is 15.6. The molecule has 1 aromatic rings. The molecule has 0 radical (unpaired) electrons. The lowest BCUT2D eigenvalue weighted by Crippen LogP contribution is -2.35. The van der Waals surface area contributed by atoms with Crippen LogP contribution >= 0.6 is 0 Å². The van der Waals surface area contributed by atoms with Gasteiger partial charge in [0.05, 0.1) is 0 Å². The minimum Gasteiger partial charge on any atom is -0.349 e. The van der Waals surface area contributed by atoms with Gasteiger partial charge in [-0.3, -0.25) is 9.59 Å². The van der Waals surface area contributed by atoms with Crippen molar-refractivity contribution in [2.24, 2.45) is 5.92 Å². The van der Waals surface area contributed by atoms with E-state index >= 15 is 0 Å². The molecule has 0 heterocycles. The quantitative estimate of drug-likeness (QED) is 0.771. The highest BCUT2D eigenvalue weighted by Gasteiger charge is 2.17. The molecule has 1 saturated carbocycles. The van der Waals surface area contributed by atoms with E-state index in [1.54, 1.807) is 6.07 Å². The lowest BCUT2D eigenvalue weighted by molar-refractivity contribution is -0.120. The average molecular weight is 344 g/mol. The number of carbonyl (C=O) groups is 2. The Balaban J connectivity index is 1.97. The van der Waals surface area contributed by atoms with Gasteiger partial charge in [0.1, 0.15) is 0 Å². The summed E-state index contributed by atoms with van der Waals surface area (Å²) >= 11 is 0. The molecule has 25 heavy (non-hydrogen) atoms. The summed E-state index contributed by atoms with van der Waals surface area (Å²) in [6, 6.07) is 7.53. The van der Waals surface area contributed by atoms with Crippen molar-refractivity contribution in [3.8, 4) is 0 Å². The third-order valence-corrected chi connectivity index (χ3v) is 5.19. The molecule has 1 aliphatic carbocycles. The van der Waals surface area contributed by atoms with Crippen LogP contribution in [0.2, 0.25) is 0 Å². The van der Waals surface area contributed by atoms with Gasteiger partial charge in [0.25, 0.3) is 5.91 Å². The van der Waals surface area contributed by atoms with E-state index in [1.165, 1.54) is 32.1 Å². The van der Waals surface area contributed by atoms with E-state index in [0.29, 0.717) is 11.3 Å². The fraction of sp³-hybridized carbons (Fsp3) is 0.619. The van der Waals surface area contributed by atoms with Crippen molar-refractivity contribution in [2.45, 2.75) is 77.7 Å². The van der Waals surface area contributed by atoms with Crippen LogP contribution in [0.5, 0.6) is 0 Å². The lowest BCUT2D eigenvalue weighted by atomic mass is 9.96. The highest BCUT2D eigenvalue weighted by Crippen LogP contribution is 2.19. The van der Waals surface area contributed by atoms with E-state index < -0.39 is 0 Å². The summed E-state index contributed by atoms with van der Waals surface area (Å²) < 4.78 is 0.